The molecule has 2 aromatic heterocycles. The van der Waals surface area contributed by atoms with Crippen LogP contribution in [0.2, 0.25) is 5.02 Å². The Labute approximate surface area is 208 Å². The minimum Gasteiger partial charge on any atom is -0.458 e. The second-order valence-electron chi connectivity index (χ2n) is 6.85. The molecule has 32 heavy (non-hydrogen) atoms. The Hall–Kier alpha value is -2.15. The first-order valence-electron chi connectivity index (χ1n) is 9.30. The van der Waals surface area contributed by atoms with E-state index >= 15 is 0 Å². The van der Waals surface area contributed by atoms with E-state index in [1.54, 1.807) is 35.8 Å². The number of halogens is 4. The number of nitrogens with two attached hydrogens (primary N) is 1. The molecule has 0 fully saturated rings. The van der Waals surface area contributed by atoms with Crippen molar-refractivity contribution in [1.82, 2.24) is 0 Å². The number of alkyl halides is 3. The van der Waals surface area contributed by atoms with E-state index in [-0.39, 0.29) is 5.76 Å². The summed E-state index contributed by atoms with van der Waals surface area (Å²) in [5.74, 6) is -0.0288. The summed E-state index contributed by atoms with van der Waals surface area (Å²) < 4.78 is 8.89. The average molecular weight is 527 g/mol. The van der Waals surface area contributed by atoms with E-state index in [9.17, 15) is 4.79 Å². The predicted molar refractivity (Wildman–Crippen MR) is 131 cm³/mol. The zero-order valence-electron chi connectivity index (χ0n) is 16.3. The molecule has 0 aliphatic rings. The molecule has 0 bridgehead atoms. The van der Waals surface area contributed by atoms with Crippen molar-refractivity contribution >= 4 is 63.6 Å². The lowest BCUT2D eigenvalue weighted by Crippen LogP contribution is -2.12. The molecule has 0 radical (unpaired) electrons. The Morgan fingerprint density at radius 1 is 1.03 bits per heavy atom. The standard InChI is InChI=1S/C23H15Cl4NO3S/c24-15-3-1-2-14(10-15)19-12-30-21(22(28)29)18(19)11-17-8-9-20(32-17)13-4-6-16(7-5-13)31-23(25,26)27/h1-10,12H,11H2,(H2,28,29). The number of primary amides is 1. The van der Waals surface area contributed by atoms with Gasteiger partial charge >= 0.3 is 3.98 Å². The van der Waals surface area contributed by atoms with Crippen molar-refractivity contribution in [3.63, 3.8) is 0 Å². The van der Waals surface area contributed by atoms with Crippen molar-refractivity contribution in [2.75, 3.05) is 0 Å². The van der Waals surface area contributed by atoms with Crippen LogP contribution in [0, 0.1) is 0 Å². The number of carbonyl (C=O) groups is 1. The summed E-state index contributed by atoms with van der Waals surface area (Å²) >= 11 is 24.7. The zero-order chi connectivity index (χ0) is 22.9. The van der Waals surface area contributed by atoms with Crippen LogP contribution in [0.5, 0.6) is 5.75 Å². The second-order valence-corrected chi connectivity index (χ2v) is 10.6. The van der Waals surface area contributed by atoms with Crippen LogP contribution < -0.4 is 10.5 Å². The number of hydrogen-bond donors (Lipinski definition) is 1. The Bertz CT molecular complexity index is 1260. The van der Waals surface area contributed by atoms with E-state index in [2.05, 4.69) is 0 Å². The van der Waals surface area contributed by atoms with Gasteiger partial charge in [0.2, 0.25) is 0 Å². The third-order valence-electron chi connectivity index (χ3n) is 4.64. The fourth-order valence-electron chi connectivity index (χ4n) is 3.29. The first-order chi connectivity index (χ1) is 15.2. The van der Waals surface area contributed by atoms with Gasteiger partial charge in [-0.1, -0.05) is 23.7 Å². The van der Waals surface area contributed by atoms with Gasteiger partial charge in [-0.25, -0.2) is 0 Å². The lowest BCUT2D eigenvalue weighted by Gasteiger charge is -2.13. The molecule has 2 heterocycles. The molecule has 1 amide bonds. The smallest absolute Gasteiger partial charge is 0.338 e. The normalized spacial score (nSPS) is 11.5. The third-order valence-corrected chi connectivity index (χ3v) is 6.24. The van der Waals surface area contributed by atoms with Crippen LogP contribution in [0.3, 0.4) is 0 Å². The average Bonchev–Trinajstić information content (AvgIpc) is 3.35. The molecule has 0 saturated heterocycles. The number of hydrogen-bond acceptors (Lipinski definition) is 4. The molecule has 4 rings (SSSR count). The van der Waals surface area contributed by atoms with E-state index in [0.717, 1.165) is 32.0 Å². The number of amides is 1. The summed E-state index contributed by atoms with van der Waals surface area (Å²) in [5, 5.41) is 0.593. The Kier molecular flexibility index (Phi) is 6.75. The number of rotatable bonds is 6. The van der Waals surface area contributed by atoms with Crippen LogP contribution in [0.4, 0.5) is 0 Å². The summed E-state index contributed by atoms with van der Waals surface area (Å²) in [6.45, 7) is 0. The second kappa shape index (κ2) is 9.38. The first kappa shape index (κ1) is 23.0. The fourth-order valence-corrected chi connectivity index (χ4v) is 4.77. The Balaban J connectivity index is 1.61. The van der Waals surface area contributed by atoms with Gasteiger partial charge in [-0.3, -0.25) is 4.79 Å². The highest BCUT2D eigenvalue weighted by Gasteiger charge is 2.22. The summed E-state index contributed by atoms with van der Waals surface area (Å²) in [6, 6.07) is 18.6. The van der Waals surface area contributed by atoms with Crippen molar-refractivity contribution < 1.29 is 13.9 Å². The van der Waals surface area contributed by atoms with E-state index in [4.69, 9.17) is 61.3 Å². The highest BCUT2D eigenvalue weighted by Crippen LogP contribution is 2.36. The minimum absolute atomic E-state index is 0.142. The number of benzene rings is 2. The van der Waals surface area contributed by atoms with Crippen molar-refractivity contribution in [3.05, 3.63) is 88.2 Å². The largest absolute Gasteiger partial charge is 0.458 e. The van der Waals surface area contributed by atoms with E-state index in [1.165, 1.54) is 0 Å². The molecule has 2 N–H and O–H groups in total. The molecule has 4 aromatic rings. The maximum Gasteiger partial charge on any atom is 0.338 e. The quantitative estimate of drug-likeness (QED) is 0.261. The van der Waals surface area contributed by atoms with Crippen molar-refractivity contribution in [2.24, 2.45) is 5.73 Å². The molecular weight excluding hydrogens is 512 g/mol. The highest BCUT2D eigenvalue weighted by atomic mass is 35.6. The number of furan rings is 1. The van der Waals surface area contributed by atoms with Gasteiger partial charge in [0.15, 0.2) is 5.76 Å². The van der Waals surface area contributed by atoms with Gasteiger partial charge in [0, 0.05) is 32.3 Å². The molecular formula is C23H15Cl4NO3S. The van der Waals surface area contributed by atoms with Crippen LogP contribution in [0.25, 0.3) is 21.6 Å². The number of carbonyl (C=O) groups excluding carboxylic acids is 1. The highest BCUT2D eigenvalue weighted by molar-refractivity contribution is 7.15. The van der Waals surface area contributed by atoms with Crippen molar-refractivity contribution in [3.8, 4) is 27.3 Å². The molecule has 0 atom stereocenters. The van der Waals surface area contributed by atoms with Gasteiger partial charge in [-0.05, 0) is 94.5 Å². The first-order valence-corrected chi connectivity index (χ1v) is 11.6. The molecule has 0 aliphatic carbocycles. The SMILES string of the molecule is NC(=O)c1occ(-c2cccc(Cl)c2)c1Cc1ccc(-c2ccc(OC(Cl)(Cl)Cl)cc2)s1. The molecule has 0 spiro atoms. The maximum absolute atomic E-state index is 11.9. The molecule has 0 aliphatic heterocycles. The van der Waals surface area contributed by atoms with Gasteiger partial charge in [0.25, 0.3) is 5.91 Å². The monoisotopic (exact) mass is 525 g/mol. The summed E-state index contributed by atoms with van der Waals surface area (Å²) in [4.78, 5) is 14.0. The molecule has 0 unspecified atom stereocenters. The zero-order valence-corrected chi connectivity index (χ0v) is 20.1. The van der Waals surface area contributed by atoms with Gasteiger partial charge in [-0.2, -0.15) is 0 Å². The van der Waals surface area contributed by atoms with Crippen LogP contribution in [0.1, 0.15) is 21.0 Å². The Morgan fingerprint density at radius 3 is 2.44 bits per heavy atom. The van der Waals surface area contributed by atoms with Crippen LogP contribution in [0.15, 0.2) is 71.3 Å². The third kappa shape index (κ3) is 5.42. The predicted octanol–water partition coefficient (Wildman–Crippen LogP) is 7.72. The Morgan fingerprint density at radius 2 is 1.78 bits per heavy atom. The van der Waals surface area contributed by atoms with E-state index < -0.39 is 9.89 Å². The topological polar surface area (TPSA) is 65.5 Å². The van der Waals surface area contributed by atoms with Gasteiger partial charge in [-0.15, -0.1) is 11.3 Å². The molecule has 2 aromatic carbocycles. The number of ether oxygens (including phenoxy) is 1. The van der Waals surface area contributed by atoms with Crippen molar-refractivity contribution in [1.29, 1.82) is 0 Å². The van der Waals surface area contributed by atoms with Crippen LogP contribution in [-0.2, 0) is 6.42 Å². The summed E-state index contributed by atoms with van der Waals surface area (Å²) in [6.07, 6.45) is 2.02. The van der Waals surface area contributed by atoms with Crippen LogP contribution >= 0.6 is 57.7 Å². The van der Waals surface area contributed by atoms with Gasteiger partial charge in [0.1, 0.15) is 5.75 Å². The van der Waals surface area contributed by atoms with E-state index in [1.807, 2.05) is 42.5 Å². The number of thiophene rings is 1. The van der Waals surface area contributed by atoms with Crippen LogP contribution in [-0.4, -0.2) is 9.89 Å². The minimum atomic E-state index is -1.82. The van der Waals surface area contributed by atoms with E-state index in [0.29, 0.717) is 17.2 Å². The molecule has 4 nitrogen and oxygen atoms in total. The van der Waals surface area contributed by atoms with Gasteiger partial charge in [0.05, 0.1) is 6.26 Å². The molecule has 164 valence electrons. The molecule has 9 heteroatoms. The summed E-state index contributed by atoms with van der Waals surface area (Å²) in [5.41, 5.74) is 8.89. The lowest BCUT2D eigenvalue weighted by molar-refractivity contribution is 0.0973. The van der Waals surface area contributed by atoms with Gasteiger partial charge < -0.3 is 14.9 Å². The fraction of sp³-hybridized carbons (Fsp3) is 0.0870. The molecule has 0 saturated carbocycles. The lowest BCUT2D eigenvalue weighted by atomic mass is 9.99. The summed E-state index contributed by atoms with van der Waals surface area (Å²) in [7, 11) is 0. The van der Waals surface area contributed by atoms with Crippen molar-refractivity contribution in [2.45, 2.75) is 10.4 Å². The maximum atomic E-state index is 11.9.